The van der Waals surface area contributed by atoms with Gasteiger partial charge in [0.2, 0.25) is 5.91 Å². The first kappa shape index (κ1) is 15.4. The monoisotopic (exact) mass is 258 g/mol. The number of nitrogens with zero attached hydrogens (tertiary/aromatic N) is 1. The van der Waals surface area contributed by atoms with Crippen LogP contribution in [0.1, 0.15) is 26.7 Å². The molecule has 106 valence electrons. The molecule has 1 aliphatic rings. The molecule has 0 aliphatic carbocycles. The maximum Gasteiger partial charge on any atom is 0.227 e. The van der Waals surface area contributed by atoms with Gasteiger partial charge in [-0.2, -0.15) is 0 Å². The summed E-state index contributed by atoms with van der Waals surface area (Å²) in [5.74, 6) is 0.337. The zero-order valence-corrected chi connectivity index (χ0v) is 11.5. The quantitative estimate of drug-likeness (QED) is 0.642. The molecule has 1 aliphatic heterocycles. The van der Waals surface area contributed by atoms with E-state index in [4.69, 9.17) is 9.84 Å². The summed E-state index contributed by atoms with van der Waals surface area (Å²) in [4.78, 5) is 14.1. The molecule has 2 unspecified atom stereocenters. The Labute approximate surface area is 109 Å². The van der Waals surface area contributed by atoms with Crippen molar-refractivity contribution in [3.8, 4) is 0 Å². The number of rotatable bonds is 7. The van der Waals surface area contributed by atoms with Crippen molar-refractivity contribution in [3.05, 3.63) is 0 Å². The van der Waals surface area contributed by atoms with Crippen molar-refractivity contribution in [3.63, 3.8) is 0 Å². The smallest absolute Gasteiger partial charge is 0.227 e. The normalized spacial score (nSPS) is 23.9. The number of amides is 1. The minimum Gasteiger partial charge on any atom is -0.394 e. The lowest BCUT2D eigenvalue weighted by Gasteiger charge is -2.31. The maximum absolute atomic E-state index is 12.3. The second-order valence-electron chi connectivity index (χ2n) is 4.84. The Hall–Kier alpha value is -0.650. The number of nitrogens with one attached hydrogen (secondary N) is 1. The van der Waals surface area contributed by atoms with E-state index in [2.05, 4.69) is 12.2 Å². The molecular formula is C13H26N2O3. The van der Waals surface area contributed by atoms with Gasteiger partial charge in [-0.05, 0) is 26.7 Å². The Morgan fingerprint density at radius 2 is 2.22 bits per heavy atom. The minimum atomic E-state index is 0.0322. The van der Waals surface area contributed by atoms with Gasteiger partial charge in [0.1, 0.15) is 0 Å². The predicted molar refractivity (Wildman–Crippen MR) is 70.3 cm³/mol. The fraction of sp³-hybridized carbons (Fsp3) is 0.923. The van der Waals surface area contributed by atoms with Gasteiger partial charge in [0.25, 0.3) is 0 Å². The Morgan fingerprint density at radius 3 is 2.78 bits per heavy atom. The Bertz CT molecular complexity index is 240. The third kappa shape index (κ3) is 4.92. The summed E-state index contributed by atoms with van der Waals surface area (Å²) in [5.41, 5.74) is 0. The molecular weight excluding hydrogens is 232 g/mol. The predicted octanol–water partition coefficient (Wildman–Crippen LogP) is 0.232. The van der Waals surface area contributed by atoms with Crippen LogP contribution in [-0.4, -0.2) is 61.4 Å². The first-order valence-electron chi connectivity index (χ1n) is 6.89. The van der Waals surface area contributed by atoms with E-state index in [1.807, 2.05) is 11.8 Å². The van der Waals surface area contributed by atoms with Crippen LogP contribution in [0.3, 0.4) is 0 Å². The summed E-state index contributed by atoms with van der Waals surface area (Å²) >= 11 is 0. The van der Waals surface area contributed by atoms with Gasteiger partial charge in [0.05, 0.1) is 25.7 Å². The zero-order valence-electron chi connectivity index (χ0n) is 11.5. The van der Waals surface area contributed by atoms with Crippen LogP contribution in [-0.2, 0) is 9.53 Å². The molecule has 1 rings (SSSR count). The van der Waals surface area contributed by atoms with Gasteiger partial charge < -0.3 is 20.1 Å². The van der Waals surface area contributed by atoms with Crippen LogP contribution >= 0.6 is 0 Å². The van der Waals surface area contributed by atoms with Gasteiger partial charge in [-0.25, -0.2) is 0 Å². The molecule has 5 heteroatoms. The number of carbonyl (C=O) groups excluding carboxylic acids is 1. The van der Waals surface area contributed by atoms with E-state index in [9.17, 15) is 4.79 Å². The average Bonchev–Trinajstić information content (AvgIpc) is 2.39. The third-order valence-corrected chi connectivity index (χ3v) is 3.44. The van der Waals surface area contributed by atoms with Crippen molar-refractivity contribution < 1.29 is 14.6 Å². The van der Waals surface area contributed by atoms with Crippen LogP contribution < -0.4 is 5.32 Å². The summed E-state index contributed by atoms with van der Waals surface area (Å²) in [5, 5.41) is 12.0. The lowest BCUT2D eigenvalue weighted by molar-refractivity contribution is -0.136. The van der Waals surface area contributed by atoms with Gasteiger partial charge >= 0.3 is 0 Å². The molecule has 1 heterocycles. The van der Waals surface area contributed by atoms with E-state index in [1.54, 1.807) is 0 Å². The van der Waals surface area contributed by atoms with Gasteiger partial charge in [0.15, 0.2) is 0 Å². The fourth-order valence-electron chi connectivity index (χ4n) is 2.23. The number of hydrogen-bond donors (Lipinski definition) is 2. The highest BCUT2D eigenvalue weighted by atomic mass is 16.5. The van der Waals surface area contributed by atoms with Crippen LogP contribution in [0.5, 0.6) is 0 Å². The topological polar surface area (TPSA) is 61.8 Å². The zero-order chi connectivity index (χ0) is 13.4. The van der Waals surface area contributed by atoms with Crippen LogP contribution in [0.4, 0.5) is 0 Å². The van der Waals surface area contributed by atoms with E-state index in [-0.39, 0.29) is 18.4 Å². The number of piperidine rings is 1. The SMILES string of the molecule is CCN(CCOCCO)C(=O)C1CCC(C)NC1. The molecule has 0 spiro atoms. The second kappa shape index (κ2) is 8.45. The standard InChI is InChI=1S/C13H26N2O3/c1-3-15(6-8-18-9-7-16)13(17)12-5-4-11(2)14-10-12/h11-12,14,16H,3-10H2,1-2H3. The molecule has 1 fully saturated rings. The van der Waals surface area contributed by atoms with Gasteiger partial charge in [-0.1, -0.05) is 0 Å². The van der Waals surface area contributed by atoms with Crippen molar-refractivity contribution in [2.45, 2.75) is 32.7 Å². The Kier molecular flexibility index (Phi) is 7.23. The van der Waals surface area contributed by atoms with Crippen molar-refractivity contribution in [1.82, 2.24) is 10.2 Å². The lowest BCUT2D eigenvalue weighted by atomic mass is 9.94. The van der Waals surface area contributed by atoms with E-state index >= 15 is 0 Å². The van der Waals surface area contributed by atoms with E-state index in [1.165, 1.54) is 0 Å². The number of carbonyl (C=O) groups is 1. The summed E-state index contributed by atoms with van der Waals surface area (Å²) in [7, 11) is 0. The summed E-state index contributed by atoms with van der Waals surface area (Å²) < 4.78 is 5.21. The number of aliphatic hydroxyl groups excluding tert-OH is 1. The van der Waals surface area contributed by atoms with E-state index < -0.39 is 0 Å². The minimum absolute atomic E-state index is 0.0322. The average molecular weight is 258 g/mol. The van der Waals surface area contributed by atoms with Crippen molar-refractivity contribution in [1.29, 1.82) is 0 Å². The number of likely N-dealkylation sites (N-methyl/N-ethyl adjacent to an activating group) is 1. The molecule has 0 bridgehead atoms. The first-order chi connectivity index (χ1) is 8.69. The Balaban J connectivity index is 2.32. The fourth-order valence-corrected chi connectivity index (χ4v) is 2.23. The molecule has 2 atom stereocenters. The molecule has 1 saturated heterocycles. The summed E-state index contributed by atoms with van der Waals surface area (Å²) in [6, 6.07) is 0.525. The highest BCUT2D eigenvalue weighted by Gasteiger charge is 2.26. The van der Waals surface area contributed by atoms with Crippen LogP contribution in [0.15, 0.2) is 0 Å². The number of ether oxygens (including phenoxy) is 1. The van der Waals surface area contributed by atoms with Gasteiger partial charge in [-0.3, -0.25) is 4.79 Å². The highest BCUT2D eigenvalue weighted by molar-refractivity contribution is 5.79. The molecule has 5 nitrogen and oxygen atoms in total. The Morgan fingerprint density at radius 1 is 1.44 bits per heavy atom. The number of hydrogen-bond acceptors (Lipinski definition) is 4. The van der Waals surface area contributed by atoms with E-state index in [0.29, 0.717) is 32.3 Å². The first-order valence-corrected chi connectivity index (χ1v) is 6.89. The lowest BCUT2D eigenvalue weighted by Crippen LogP contribution is -2.46. The van der Waals surface area contributed by atoms with Crippen LogP contribution in [0.25, 0.3) is 0 Å². The molecule has 0 aromatic heterocycles. The molecule has 0 saturated carbocycles. The largest absolute Gasteiger partial charge is 0.394 e. The summed E-state index contributed by atoms with van der Waals surface area (Å²) in [6.07, 6.45) is 2.04. The highest BCUT2D eigenvalue weighted by Crippen LogP contribution is 2.16. The van der Waals surface area contributed by atoms with Crippen LogP contribution in [0, 0.1) is 5.92 Å². The number of aliphatic hydroxyl groups is 1. The van der Waals surface area contributed by atoms with Gasteiger partial charge in [0, 0.05) is 25.7 Å². The van der Waals surface area contributed by atoms with E-state index in [0.717, 1.165) is 19.4 Å². The molecule has 2 N–H and O–H groups in total. The molecule has 18 heavy (non-hydrogen) atoms. The third-order valence-electron chi connectivity index (χ3n) is 3.44. The molecule has 1 amide bonds. The van der Waals surface area contributed by atoms with Gasteiger partial charge in [-0.15, -0.1) is 0 Å². The van der Waals surface area contributed by atoms with Crippen molar-refractivity contribution in [2.75, 3.05) is 39.5 Å². The van der Waals surface area contributed by atoms with Crippen molar-refractivity contribution in [2.24, 2.45) is 5.92 Å². The van der Waals surface area contributed by atoms with Crippen LogP contribution in [0.2, 0.25) is 0 Å². The summed E-state index contributed by atoms with van der Waals surface area (Å²) in [6.45, 7) is 7.13. The molecule has 0 aromatic rings. The molecule has 0 aromatic carbocycles. The second-order valence-corrected chi connectivity index (χ2v) is 4.84. The maximum atomic E-state index is 12.3. The van der Waals surface area contributed by atoms with Crippen molar-refractivity contribution >= 4 is 5.91 Å². The molecule has 0 radical (unpaired) electrons.